The number of aliphatic hydroxyl groups is 1. The van der Waals surface area contributed by atoms with Crippen molar-refractivity contribution in [2.24, 2.45) is 0 Å². The van der Waals surface area contributed by atoms with Gasteiger partial charge in [-0.3, -0.25) is 0 Å². The Morgan fingerprint density at radius 3 is 2.29 bits per heavy atom. The molecule has 5 heteroatoms. The molecule has 0 unspecified atom stereocenters. The summed E-state index contributed by atoms with van der Waals surface area (Å²) in [5, 5.41) is 29.5. The van der Waals surface area contributed by atoms with Gasteiger partial charge in [0.25, 0.3) is 0 Å². The number of aromatic nitrogens is 3. The van der Waals surface area contributed by atoms with Gasteiger partial charge in [-0.15, -0.1) is 15.0 Å². The second kappa shape index (κ2) is 8.74. The van der Waals surface area contributed by atoms with Crippen molar-refractivity contribution in [3.63, 3.8) is 0 Å². The number of phenolic OH excluding ortho intramolecular Hbond substituents is 1. The minimum atomic E-state index is -0.157. The summed E-state index contributed by atoms with van der Waals surface area (Å²) >= 11 is 0. The molecule has 3 aromatic rings. The summed E-state index contributed by atoms with van der Waals surface area (Å²) < 4.78 is 0. The van der Waals surface area contributed by atoms with Crippen LogP contribution in [0.25, 0.3) is 16.7 Å². The van der Waals surface area contributed by atoms with E-state index >= 15 is 0 Å². The number of nitrogens with zero attached hydrogens (tertiary/aromatic N) is 3. The molecule has 2 aromatic carbocycles. The lowest BCUT2D eigenvalue weighted by Gasteiger charge is -2.28. The predicted molar refractivity (Wildman–Crippen MR) is 113 cm³/mol. The van der Waals surface area contributed by atoms with E-state index in [1.165, 1.54) is 17.6 Å². The van der Waals surface area contributed by atoms with Crippen molar-refractivity contribution < 1.29 is 10.2 Å². The molecule has 0 amide bonds. The number of fused-ring (bicyclic) bond motifs is 1. The van der Waals surface area contributed by atoms with Crippen molar-refractivity contribution >= 4 is 11.0 Å². The molecule has 0 atom stereocenters. The van der Waals surface area contributed by atoms with Crippen LogP contribution in [0, 0.1) is 0 Å². The lowest BCUT2D eigenvalue weighted by Crippen LogP contribution is -2.19. The fourth-order valence-corrected chi connectivity index (χ4v) is 3.69. The summed E-state index contributed by atoms with van der Waals surface area (Å²) in [6.45, 7) is 6.72. The number of aliphatic hydroxyl groups excluding tert-OH is 1. The van der Waals surface area contributed by atoms with Crippen LogP contribution in [0.5, 0.6) is 5.75 Å². The SMILES string of the molecule is CCCCCC(C)(C)c1cc(CCCO)cc(-n2nc3ccccc3n2)c1O. The largest absolute Gasteiger partial charge is 0.505 e. The maximum Gasteiger partial charge on any atom is 0.146 e. The third-order valence-electron chi connectivity index (χ3n) is 5.41. The van der Waals surface area contributed by atoms with Gasteiger partial charge in [0.15, 0.2) is 0 Å². The summed E-state index contributed by atoms with van der Waals surface area (Å²) in [5.41, 5.74) is 4.05. The van der Waals surface area contributed by atoms with Crippen LogP contribution in [0.15, 0.2) is 36.4 Å². The second-order valence-corrected chi connectivity index (χ2v) is 8.16. The first kappa shape index (κ1) is 20.3. The Balaban J connectivity index is 2.07. The zero-order valence-electron chi connectivity index (χ0n) is 17.1. The quantitative estimate of drug-likeness (QED) is 0.517. The first-order valence-electron chi connectivity index (χ1n) is 10.3. The van der Waals surface area contributed by atoms with E-state index in [1.807, 2.05) is 30.3 Å². The topological polar surface area (TPSA) is 71.2 Å². The first-order valence-corrected chi connectivity index (χ1v) is 10.3. The molecule has 1 aromatic heterocycles. The van der Waals surface area contributed by atoms with Gasteiger partial charge in [0.05, 0.1) is 0 Å². The average molecular weight is 382 g/mol. The summed E-state index contributed by atoms with van der Waals surface area (Å²) in [7, 11) is 0. The number of benzene rings is 2. The van der Waals surface area contributed by atoms with Gasteiger partial charge in [-0.05, 0) is 48.4 Å². The van der Waals surface area contributed by atoms with E-state index in [2.05, 4.69) is 37.0 Å². The van der Waals surface area contributed by atoms with Gasteiger partial charge in [0.2, 0.25) is 0 Å². The Morgan fingerprint density at radius 2 is 1.68 bits per heavy atom. The fourth-order valence-electron chi connectivity index (χ4n) is 3.69. The molecule has 28 heavy (non-hydrogen) atoms. The highest BCUT2D eigenvalue weighted by Crippen LogP contribution is 2.39. The fraction of sp³-hybridized carbons (Fsp3) is 0.478. The average Bonchev–Trinajstić information content (AvgIpc) is 3.11. The van der Waals surface area contributed by atoms with Crippen LogP contribution in [-0.4, -0.2) is 31.8 Å². The maximum absolute atomic E-state index is 11.2. The molecule has 1 heterocycles. The van der Waals surface area contributed by atoms with Crippen molar-refractivity contribution in [1.82, 2.24) is 15.0 Å². The zero-order chi connectivity index (χ0) is 20.1. The van der Waals surface area contributed by atoms with Gasteiger partial charge in [0, 0.05) is 12.2 Å². The minimum Gasteiger partial charge on any atom is -0.505 e. The Labute approximate surface area is 167 Å². The zero-order valence-corrected chi connectivity index (χ0v) is 17.1. The van der Waals surface area contributed by atoms with E-state index < -0.39 is 0 Å². The van der Waals surface area contributed by atoms with Gasteiger partial charge in [-0.1, -0.05) is 58.2 Å². The van der Waals surface area contributed by atoms with E-state index in [-0.39, 0.29) is 17.8 Å². The normalized spacial score (nSPS) is 12.0. The van der Waals surface area contributed by atoms with Crippen LogP contribution in [0.3, 0.4) is 0 Å². The van der Waals surface area contributed by atoms with Crippen molar-refractivity contribution in [1.29, 1.82) is 0 Å². The molecule has 3 rings (SSSR count). The maximum atomic E-state index is 11.2. The van der Waals surface area contributed by atoms with E-state index in [0.29, 0.717) is 12.1 Å². The molecule has 0 saturated carbocycles. The highest BCUT2D eigenvalue weighted by atomic mass is 16.3. The molecule has 0 fully saturated rings. The standard InChI is InChI=1S/C23H31N3O2/c1-4-5-8-13-23(2,3)18-15-17(10-9-14-27)16-21(22(18)28)26-24-19-11-6-7-12-20(19)25-26/h6-7,11-12,15-16,27-28H,4-5,8-10,13-14H2,1-3H3. The third-order valence-corrected chi connectivity index (χ3v) is 5.41. The van der Waals surface area contributed by atoms with E-state index in [4.69, 9.17) is 0 Å². The number of phenols is 1. The molecule has 150 valence electrons. The number of hydrogen-bond donors (Lipinski definition) is 2. The van der Waals surface area contributed by atoms with Crippen LogP contribution in [-0.2, 0) is 11.8 Å². The van der Waals surface area contributed by atoms with Crippen molar-refractivity contribution in [3.8, 4) is 11.4 Å². The molecule has 0 aliphatic rings. The summed E-state index contributed by atoms with van der Waals surface area (Å²) in [6.07, 6.45) is 5.94. The summed E-state index contributed by atoms with van der Waals surface area (Å²) in [6, 6.07) is 11.7. The Bertz CT molecular complexity index is 898. The van der Waals surface area contributed by atoms with Crippen LogP contribution in [0.2, 0.25) is 0 Å². The van der Waals surface area contributed by atoms with E-state index in [1.54, 1.807) is 0 Å². The Kier molecular flexibility index (Phi) is 6.35. The number of aromatic hydroxyl groups is 1. The number of hydrogen-bond acceptors (Lipinski definition) is 4. The summed E-state index contributed by atoms with van der Waals surface area (Å²) in [5.74, 6) is 0.245. The Hall–Kier alpha value is -2.40. The third kappa shape index (κ3) is 4.36. The summed E-state index contributed by atoms with van der Waals surface area (Å²) in [4.78, 5) is 1.54. The first-order chi connectivity index (χ1) is 13.5. The number of aryl methyl sites for hydroxylation is 1. The molecule has 0 saturated heterocycles. The lowest BCUT2D eigenvalue weighted by atomic mass is 9.78. The van der Waals surface area contributed by atoms with Gasteiger partial charge < -0.3 is 10.2 Å². The predicted octanol–water partition coefficient (Wildman–Crippen LogP) is 4.91. The molecule has 2 N–H and O–H groups in total. The van der Waals surface area contributed by atoms with Crippen LogP contribution in [0.1, 0.15) is 64.0 Å². The highest BCUT2D eigenvalue weighted by Gasteiger charge is 2.27. The van der Waals surface area contributed by atoms with Crippen LogP contribution >= 0.6 is 0 Å². The van der Waals surface area contributed by atoms with Gasteiger partial charge in [-0.2, -0.15) is 0 Å². The number of rotatable bonds is 9. The van der Waals surface area contributed by atoms with Gasteiger partial charge >= 0.3 is 0 Å². The minimum absolute atomic E-state index is 0.148. The van der Waals surface area contributed by atoms with Crippen LogP contribution < -0.4 is 0 Å². The van der Waals surface area contributed by atoms with Crippen molar-refractivity contribution in [3.05, 3.63) is 47.5 Å². The molecular weight excluding hydrogens is 350 g/mol. The smallest absolute Gasteiger partial charge is 0.146 e. The molecule has 0 bridgehead atoms. The lowest BCUT2D eigenvalue weighted by molar-refractivity contribution is 0.288. The van der Waals surface area contributed by atoms with Crippen molar-refractivity contribution in [2.75, 3.05) is 6.61 Å². The highest BCUT2D eigenvalue weighted by molar-refractivity contribution is 5.73. The molecular formula is C23H31N3O2. The van der Waals surface area contributed by atoms with Gasteiger partial charge in [-0.25, -0.2) is 0 Å². The van der Waals surface area contributed by atoms with Crippen LogP contribution in [0.4, 0.5) is 0 Å². The van der Waals surface area contributed by atoms with E-state index in [0.717, 1.165) is 41.4 Å². The molecule has 0 aliphatic heterocycles. The second-order valence-electron chi connectivity index (χ2n) is 8.16. The van der Waals surface area contributed by atoms with Gasteiger partial charge in [0.1, 0.15) is 22.5 Å². The van der Waals surface area contributed by atoms with E-state index in [9.17, 15) is 10.2 Å². The molecule has 0 radical (unpaired) electrons. The monoisotopic (exact) mass is 381 g/mol. The molecule has 0 aliphatic carbocycles. The van der Waals surface area contributed by atoms with Crippen molar-refractivity contribution in [2.45, 2.75) is 64.7 Å². The molecule has 0 spiro atoms. The molecule has 5 nitrogen and oxygen atoms in total. The Morgan fingerprint density at radius 1 is 1.00 bits per heavy atom. The number of unbranched alkanes of at least 4 members (excludes halogenated alkanes) is 2.